The molecule has 0 amide bonds. The fourth-order valence-electron chi connectivity index (χ4n) is 3.44. The van der Waals surface area contributed by atoms with Crippen molar-refractivity contribution in [1.29, 1.82) is 5.26 Å². The van der Waals surface area contributed by atoms with E-state index in [0.717, 1.165) is 48.8 Å². The number of hydrogen-bond acceptors (Lipinski definition) is 7. The van der Waals surface area contributed by atoms with Crippen LogP contribution in [-0.4, -0.2) is 62.4 Å². The number of pyridine rings is 1. The molecule has 0 N–H and O–H groups in total. The van der Waals surface area contributed by atoms with E-state index in [-0.39, 0.29) is 0 Å². The summed E-state index contributed by atoms with van der Waals surface area (Å²) in [5, 5.41) is 9.29. The van der Waals surface area contributed by atoms with Crippen LogP contribution in [-0.2, 0) is 0 Å². The van der Waals surface area contributed by atoms with E-state index in [1.54, 1.807) is 6.20 Å². The predicted molar refractivity (Wildman–Crippen MR) is 108 cm³/mol. The van der Waals surface area contributed by atoms with Gasteiger partial charge in [0.1, 0.15) is 30.5 Å². The first kappa shape index (κ1) is 18.8. The average molecular weight is 445 g/mol. The van der Waals surface area contributed by atoms with Crippen molar-refractivity contribution in [3.05, 3.63) is 40.6 Å². The Bertz CT molecular complexity index is 878. The lowest BCUT2D eigenvalue weighted by Gasteiger charge is -2.37. The molecule has 0 radical (unpaired) electrons. The smallest absolute Gasteiger partial charge is 0.186 e. The van der Waals surface area contributed by atoms with Gasteiger partial charge in [0.25, 0.3) is 0 Å². The minimum absolute atomic E-state index is 0.478. The molecule has 0 unspecified atom stereocenters. The molecule has 3 heterocycles. The molecule has 0 bridgehead atoms. The summed E-state index contributed by atoms with van der Waals surface area (Å²) in [5.41, 5.74) is 1.53. The van der Waals surface area contributed by atoms with Crippen LogP contribution in [0.25, 0.3) is 0 Å². The molecular weight excluding hydrogens is 424 g/mol. The Morgan fingerprint density at radius 3 is 2.64 bits per heavy atom. The topological polar surface area (TPSA) is 70.9 Å². The highest BCUT2D eigenvalue weighted by atomic mass is 79.9. The molecule has 0 saturated carbocycles. The van der Waals surface area contributed by atoms with Crippen molar-refractivity contribution in [2.45, 2.75) is 0 Å². The third kappa shape index (κ3) is 4.01. The lowest BCUT2D eigenvalue weighted by Crippen LogP contribution is -2.47. The second-order valence-corrected chi connectivity index (χ2v) is 7.32. The molecule has 2 aromatic rings. The molecule has 1 aromatic carbocycles. The molecule has 1 saturated heterocycles. The normalized spacial score (nSPS) is 16.5. The van der Waals surface area contributed by atoms with Crippen molar-refractivity contribution < 1.29 is 14.2 Å². The Morgan fingerprint density at radius 1 is 1.11 bits per heavy atom. The predicted octanol–water partition coefficient (Wildman–Crippen LogP) is 2.69. The minimum Gasteiger partial charge on any atom is -0.489 e. The number of halogens is 1. The van der Waals surface area contributed by atoms with Gasteiger partial charge < -0.3 is 19.1 Å². The number of benzene rings is 1. The van der Waals surface area contributed by atoms with Gasteiger partial charge in [-0.05, 0) is 40.2 Å². The molecule has 0 aliphatic carbocycles. The summed E-state index contributed by atoms with van der Waals surface area (Å²) in [6.45, 7) is 6.12. The zero-order chi connectivity index (χ0) is 19.3. The highest BCUT2D eigenvalue weighted by molar-refractivity contribution is 9.10. The summed E-state index contributed by atoms with van der Waals surface area (Å²) in [5.74, 6) is 2.04. The maximum absolute atomic E-state index is 9.29. The van der Waals surface area contributed by atoms with Gasteiger partial charge in [0.2, 0.25) is 0 Å². The Kier molecular flexibility index (Phi) is 5.84. The quantitative estimate of drug-likeness (QED) is 0.656. The standard InChI is InChI=1S/C20H21BrN4O3/c21-20-17(2-1-5-23-20)26-11-10-24-6-8-25(9-7-24)16-4-3-15(14-22)18-19(16)28-13-12-27-18/h1-5H,6-13H2. The monoisotopic (exact) mass is 444 g/mol. The van der Waals surface area contributed by atoms with Crippen molar-refractivity contribution in [2.24, 2.45) is 0 Å². The van der Waals surface area contributed by atoms with Crippen LogP contribution < -0.4 is 19.1 Å². The third-order valence-electron chi connectivity index (χ3n) is 4.89. The summed E-state index contributed by atoms with van der Waals surface area (Å²) in [6.07, 6.45) is 1.73. The zero-order valence-electron chi connectivity index (χ0n) is 15.4. The van der Waals surface area contributed by atoms with Crippen LogP contribution in [0.5, 0.6) is 17.2 Å². The summed E-state index contributed by atoms with van der Waals surface area (Å²) in [7, 11) is 0. The number of aromatic nitrogens is 1. The Balaban J connectivity index is 1.33. The van der Waals surface area contributed by atoms with Gasteiger partial charge in [0, 0.05) is 38.9 Å². The van der Waals surface area contributed by atoms with Gasteiger partial charge in [-0.1, -0.05) is 0 Å². The lowest BCUT2D eigenvalue weighted by atomic mass is 10.1. The molecule has 2 aliphatic rings. The number of anilines is 1. The van der Waals surface area contributed by atoms with Gasteiger partial charge in [-0.25, -0.2) is 4.98 Å². The van der Waals surface area contributed by atoms with Gasteiger partial charge in [-0.2, -0.15) is 5.26 Å². The molecule has 1 fully saturated rings. The highest BCUT2D eigenvalue weighted by Gasteiger charge is 2.25. The van der Waals surface area contributed by atoms with Gasteiger partial charge in [0.15, 0.2) is 17.2 Å². The van der Waals surface area contributed by atoms with Crippen LogP contribution in [0.4, 0.5) is 5.69 Å². The number of nitrogens with zero attached hydrogens (tertiary/aromatic N) is 4. The molecule has 28 heavy (non-hydrogen) atoms. The second-order valence-electron chi connectivity index (χ2n) is 6.57. The number of ether oxygens (including phenoxy) is 3. The van der Waals surface area contributed by atoms with Crippen molar-refractivity contribution in [3.63, 3.8) is 0 Å². The van der Waals surface area contributed by atoms with E-state index in [0.29, 0.717) is 36.9 Å². The van der Waals surface area contributed by atoms with E-state index in [1.807, 2.05) is 24.3 Å². The summed E-state index contributed by atoms with van der Waals surface area (Å²) >= 11 is 3.40. The number of hydrogen-bond donors (Lipinski definition) is 0. The van der Waals surface area contributed by atoms with E-state index in [4.69, 9.17) is 14.2 Å². The molecule has 4 rings (SSSR count). The molecule has 1 aromatic heterocycles. The molecule has 0 spiro atoms. The molecule has 146 valence electrons. The van der Waals surface area contributed by atoms with Gasteiger partial charge in [0.05, 0.1) is 11.3 Å². The van der Waals surface area contributed by atoms with Gasteiger partial charge >= 0.3 is 0 Å². The van der Waals surface area contributed by atoms with Gasteiger partial charge in [-0.3, -0.25) is 4.90 Å². The fourth-order valence-corrected chi connectivity index (χ4v) is 3.80. The first-order valence-corrected chi connectivity index (χ1v) is 10.1. The fraction of sp³-hybridized carbons (Fsp3) is 0.400. The number of rotatable bonds is 5. The molecule has 0 atom stereocenters. The first-order valence-electron chi connectivity index (χ1n) is 9.29. The lowest BCUT2D eigenvalue weighted by molar-refractivity contribution is 0.170. The maximum atomic E-state index is 9.29. The molecule has 2 aliphatic heterocycles. The van der Waals surface area contributed by atoms with Crippen LogP contribution >= 0.6 is 15.9 Å². The van der Waals surface area contributed by atoms with Crippen LogP contribution in [0.15, 0.2) is 35.1 Å². The van der Waals surface area contributed by atoms with Crippen LogP contribution in [0.1, 0.15) is 5.56 Å². The maximum Gasteiger partial charge on any atom is 0.186 e. The SMILES string of the molecule is N#Cc1ccc(N2CCN(CCOc3cccnc3Br)CC2)c2c1OCCO2. The van der Waals surface area contributed by atoms with E-state index in [1.165, 1.54) is 0 Å². The Hall–Kier alpha value is -2.50. The second kappa shape index (κ2) is 8.67. The van der Waals surface area contributed by atoms with E-state index in [9.17, 15) is 5.26 Å². The van der Waals surface area contributed by atoms with Crippen molar-refractivity contribution in [3.8, 4) is 23.3 Å². The largest absolute Gasteiger partial charge is 0.489 e. The molecule has 7 nitrogen and oxygen atoms in total. The highest BCUT2D eigenvalue weighted by Crippen LogP contribution is 2.42. The Morgan fingerprint density at radius 2 is 1.89 bits per heavy atom. The van der Waals surface area contributed by atoms with Crippen molar-refractivity contribution in [1.82, 2.24) is 9.88 Å². The summed E-state index contributed by atoms with van der Waals surface area (Å²) in [4.78, 5) is 8.84. The number of fused-ring (bicyclic) bond motifs is 1. The van der Waals surface area contributed by atoms with Gasteiger partial charge in [-0.15, -0.1) is 0 Å². The average Bonchev–Trinajstić information content (AvgIpc) is 2.75. The van der Waals surface area contributed by atoms with Crippen LogP contribution in [0, 0.1) is 11.3 Å². The molecule has 8 heteroatoms. The number of piperazine rings is 1. The van der Waals surface area contributed by atoms with Crippen molar-refractivity contribution >= 4 is 21.6 Å². The first-order chi connectivity index (χ1) is 13.8. The molecular formula is C20H21BrN4O3. The Labute approximate surface area is 172 Å². The van der Waals surface area contributed by atoms with E-state index >= 15 is 0 Å². The van der Waals surface area contributed by atoms with E-state index < -0.39 is 0 Å². The summed E-state index contributed by atoms with van der Waals surface area (Å²) in [6, 6.07) is 9.73. The zero-order valence-corrected chi connectivity index (χ0v) is 17.0. The number of nitriles is 1. The third-order valence-corrected chi connectivity index (χ3v) is 5.49. The minimum atomic E-state index is 0.478. The van der Waals surface area contributed by atoms with Crippen molar-refractivity contribution in [2.75, 3.05) is 57.4 Å². The van der Waals surface area contributed by atoms with Crippen LogP contribution in [0.2, 0.25) is 0 Å². The van der Waals surface area contributed by atoms with Crippen LogP contribution in [0.3, 0.4) is 0 Å². The summed E-state index contributed by atoms with van der Waals surface area (Å²) < 4.78 is 18.1. The van der Waals surface area contributed by atoms with E-state index in [2.05, 4.69) is 36.8 Å².